The fourth-order valence-electron chi connectivity index (χ4n) is 3.00. The first-order valence-electron chi connectivity index (χ1n) is 10.9. The van der Waals surface area contributed by atoms with Crippen LogP contribution in [-0.4, -0.2) is 39.1 Å². The third-order valence-corrected chi connectivity index (χ3v) is 24.6. The SMILES string of the molecule is CCC[CH2][Sn](/[CH]=C/C(=O)CO[Si](C)(C)C(C)(C)C)([CH2]CCC)[CH2]CCC. The Morgan fingerprint density at radius 3 is 1.69 bits per heavy atom. The van der Waals surface area contributed by atoms with Crippen molar-refractivity contribution in [1.82, 2.24) is 0 Å². The van der Waals surface area contributed by atoms with Gasteiger partial charge >= 0.3 is 170 Å². The summed E-state index contributed by atoms with van der Waals surface area (Å²) in [7, 11) is -1.84. The van der Waals surface area contributed by atoms with Gasteiger partial charge in [0.05, 0.1) is 0 Å². The van der Waals surface area contributed by atoms with Gasteiger partial charge in [0.15, 0.2) is 0 Å². The van der Waals surface area contributed by atoms with E-state index in [1.807, 2.05) is 6.08 Å². The van der Waals surface area contributed by atoms with Gasteiger partial charge in [-0.3, -0.25) is 0 Å². The second kappa shape index (κ2) is 12.8. The number of hydrogen-bond donors (Lipinski definition) is 0. The van der Waals surface area contributed by atoms with Crippen LogP contribution in [0.3, 0.4) is 0 Å². The number of unbranched alkanes of at least 4 members (excludes halogenated alkanes) is 3. The Labute approximate surface area is 169 Å². The summed E-state index contributed by atoms with van der Waals surface area (Å²) in [5.41, 5.74) is 0. The molecule has 0 N–H and O–H groups in total. The van der Waals surface area contributed by atoms with Crippen LogP contribution in [0.4, 0.5) is 0 Å². The van der Waals surface area contributed by atoms with E-state index in [9.17, 15) is 4.79 Å². The molecule has 0 heterocycles. The average Bonchev–Trinajstić information content (AvgIpc) is 2.57. The molecule has 0 saturated heterocycles. The maximum absolute atomic E-state index is 12.5. The van der Waals surface area contributed by atoms with Crippen LogP contribution in [0.2, 0.25) is 31.4 Å². The van der Waals surface area contributed by atoms with Gasteiger partial charge in [0.25, 0.3) is 0 Å². The van der Waals surface area contributed by atoms with Gasteiger partial charge in [0.2, 0.25) is 0 Å². The Morgan fingerprint density at radius 2 is 1.35 bits per heavy atom. The average molecular weight is 489 g/mol. The van der Waals surface area contributed by atoms with Crippen molar-refractivity contribution in [2.24, 2.45) is 0 Å². The van der Waals surface area contributed by atoms with Crippen molar-refractivity contribution in [3.05, 3.63) is 10.2 Å². The molecule has 26 heavy (non-hydrogen) atoms. The molecule has 154 valence electrons. The molecular formula is C22H46O2SiSn. The maximum atomic E-state index is 12.5. The van der Waals surface area contributed by atoms with Crippen molar-refractivity contribution < 1.29 is 9.22 Å². The first-order chi connectivity index (χ1) is 12.0. The molecule has 0 amide bonds. The van der Waals surface area contributed by atoms with E-state index in [0.29, 0.717) is 0 Å². The molecule has 0 radical (unpaired) electrons. The second-order valence-electron chi connectivity index (χ2n) is 9.52. The Morgan fingerprint density at radius 1 is 0.923 bits per heavy atom. The molecule has 0 aromatic heterocycles. The molecular weight excluding hydrogens is 443 g/mol. The molecule has 0 saturated carbocycles. The molecule has 2 nitrogen and oxygen atoms in total. The van der Waals surface area contributed by atoms with Crippen molar-refractivity contribution in [1.29, 1.82) is 0 Å². The zero-order valence-corrected chi connectivity index (χ0v) is 22.9. The van der Waals surface area contributed by atoms with Crippen molar-refractivity contribution in [2.45, 2.75) is 112 Å². The minimum absolute atomic E-state index is 0.156. The number of hydrogen-bond acceptors (Lipinski definition) is 2. The summed E-state index contributed by atoms with van der Waals surface area (Å²) in [6, 6.07) is 0. The number of carbonyl (C=O) groups excluding carboxylic acids is 1. The summed E-state index contributed by atoms with van der Waals surface area (Å²) in [5, 5.41) is 0.156. The third-order valence-electron chi connectivity index (χ3n) is 6.09. The van der Waals surface area contributed by atoms with Gasteiger partial charge in [-0.25, -0.2) is 0 Å². The van der Waals surface area contributed by atoms with E-state index >= 15 is 0 Å². The van der Waals surface area contributed by atoms with Gasteiger partial charge in [0, 0.05) is 0 Å². The Hall–Kier alpha value is 0.386. The molecule has 0 rings (SSSR count). The van der Waals surface area contributed by atoms with E-state index < -0.39 is 26.7 Å². The van der Waals surface area contributed by atoms with Crippen molar-refractivity contribution in [3.8, 4) is 0 Å². The third kappa shape index (κ3) is 10.1. The van der Waals surface area contributed by atoms with Crippen molar-refractivity contribution in [2.75, 3.05) is 6.61 Å². The van der Waals surface area contributed by atoms with Crippen LogP contribution in [0.15, 0.2) is 10.2 Å². The summed E-state index contributed by atoms with van der Waals surface area (Å²) in [6.45, 7) is 18.2. The monoisotopic (exact) mass is 490 g/mol. The fraction of sp³-hybridized carbons (Fsp3) is 0.864. The van der Waals surface area contributed by atoms with E-state index in [2.05, 4.69) is 58.7 Å². The van der Waals surface area contributed by atoms with Crippen LogP contribution in [-0.2, 0) is 9.22 Å². The van der Waals surface area contributed by atoms with Gasteiger partial charge in [-0.2, -0.15) is 0 Å². The number of rotatable bonds is 14. The molecule has 0 aromatic carbocycles. The predicted octanol–water partition coefficient (Wildman–Crippen LogP) is 7.52. The van der Waals surface area contributed by atoms with Gasteiger partial charge in [-0.15, -0.1) is 0 Å². The molecule has 0 aliphatic rings. The van der Waals surface area contributed by atoms with Gasteiger partial charge in [0.1, 0.15) is 0 Å². The van der Waals surface area contributed by atoms with Crippen LogP contribution in [0.5, 0.6) is 0 Å². The Balaban J connectivity index is 5.06. The van der Waals surface area contributed by atoms with Gasteiger partial charge in [-0.1, -0.05) is 0 Å². The molecule has 0 unspecified atom stereocenters. The summed E-state index contributed by atoms with van der Waals surface area (Å²) in [4.78, 5) is 12.5. The quantitative estimate of drug-likeness (QED) is 0.186. The van der Waals surface area contributed by atoms with Gasteiger partial charge in [-0.05, 0) is 0 Å². The minimum atomic E-state index is -2.34. The van der Waals surface area contributed by atoms with E-state index in [1.54, 1.807) is 0 Å². The van der Waals surface area contributed by atoms with Gasteiger partial charge < -0.3 is 0 Å². The topological polar surface area (TPSA) is 26.3 Å². The summed E-state index contributed by atoms with van der Waals surface area (Å²) < 4.78 is 12.8. The van der Waals surface area contributed by atoms with Crippen molar-refractivity contribution >= 4 is 32.5 Å². The zero-order valence-electron chi connectivity index (χ0n) is 19.0. The van der Waals surface area contributed by atoms with E-state index in [-0.39, 0.29) is 17.4 Å². The molecule has 0 aliphatic carbocycles. The second-order valence-corrected chi connectivity index (χ2v) is 27.3. The zero-order chi connectivity index (χ0) is 20.3. The molecule has 4 heteroatoms. The summed E-state index contributed by atoms with van der Waals surface area (Å²) in [6.07, 6.45) is 9.76. The standard InChI is InChI=1S/C10H19O2Si.3C4H9.Sn/c1-7-9(11)8-12-13(5,6)10(2,3)4;3*1-3-4-2;/h1,7H,8H2,2-6H3;3*1,3-4H2,2H3;. The molecule has 0 bridgehead atoms. The van der Waals surface area contributed by atoms with Crippen LogP contribution >= 0.6 is 0 Å². The van der Waals surface area contributed by atoms with Crippen LogP contribution < -0.4 is 0 Å². The number of carbonyl (C=O) groups is 1. The normalized spacial score (nSPS) is 13.5. The van der Waals surface area contributed by atoms with E-state index in [1.165, 1.54) is 51.8 Å². The molecule has 0 fully saturated rings. The fourth-order valence-corrected chi connectivity index (χ4v) is 18.1. The molecule has 0 atom stereocenters. The summed E-state index contributed by atoms with van der Waals surface area (Å²) in [5.74, 6) is 0.181. The molecule has 0 spiro atoms. The Bertz CT molecular complexity index is 403. The first-order valence-corrected chi connectivity index (χ1v) is 21.5. The van der Waals surface area contributed by atoms with Crippen LogP contribution in [0, 0.1) is 0 Å². The number of ketones is 1. The van der Waals surface area contributed by atoms with E-state index in [0.717, 1.165) is 0 Å². The van der Waals surface area contributed by atoms with E-state index in [4.69, 9.17) is 4.43 Å². The molecule has 0 aliphatic heterocycles. The first kappa shape index (κ1) is 26.4. The summed E-state index contributed by atoms with van der Waals surface area (Å²) >= 11 is -2.34. The van der Waals surface area contributed by atoms with Crippen molar-refractivity contribution in [3.63, 3.8) is 0 Å². The van der Waals surface area contributed by atoms with Crippen LogP contribution in [0.25, 0.3) is 0 Å². The Kier molecular flexibility index (Phi) is 13.0. The molecule has 0 aromatic rings. The van der Waals surface area contributed by atoms with Crippen LogP contribution in [0.1, 0.15) is 80.1 Å². The predicted molar refractivity (Wildman–Crippen MR) is 122 cm³/mol.